The van der Waals surface area contributed by atoms with Crippen LogP contribution in [0.2, 0.25) is 0 Å². The van der Waals surface area contributed by atoms with E-state index < -0.39 is 17.8 Å². The number of carbonyl (C=O) groups excluding carboxylic acids is 1. The predicted octanol–water partition coefficient (Wildman–Crippen LogP) is 4.19. The zero-order valence-corrected chi connectivity index (χ0v) is 14.1. The van der Waals surface area contributed by atoms with Gasteiger partial charge in [-0.15, -0.1) is 0 Å². The van der Waals surface area contributed by atoms with Gasteiger partial charge in [0.1, 0.15) is 6.10 Å². The van der Waals surface area contributed by atoms with Crippen LogP contribution < -0.4 is 0 Å². The molecular formula is C18H30O4. The van der Waals surface area contributed by atoms with E-state index in [1.807, 2.05) is 19.1 Å². The highest BCUT2D eigenvalue weighted by atomic mass is 16.5. The molecule has 0 heterocycles. The summed E-state index contributed by atoms with van der Waals surface area (Å²) in [5.41, 5.74) is 0. The number of hydrogen-bond donors (Lipinski definition) is 1. The topological polar surface area (TPSA) is 63.6 Å². The lowest BCUT2D eigenvalue weighted by atomic mass is 9.83. The van der Waals surface area contributed by atoms with Crippen LogP contribution in [0.25, 0.3) is 0 Å². The van der Waals surface area contributed by atoms with Gasteiger partial charge < -0.3 is 9.84 Å². The van der Waals surface area contributed by atoms with Crippen LogP contribution >= 0.6 is 0 Å². The molecule has 1 N–H and O–H groups in total. The van der Waals surface area contributed by atoms with Crippen LogP contribution in [-0.4, -0.2) is 23.1 Å². The fourth-order valence-electron chi connectivity index (χ4n) is 3.22. The third-order valence-corrected chi connectivity index (χ3v) is 4.70. The molecule has 1 aliphatic rings. The van der Waals surface area contributed by atoms with Gasteiger partial charge in [-0.3, -0.25) is 9.59 Å². The Balaban J connectivity index is 2.70. The van der Waals surface area contributed by atoms with E-state index in [0.717, 1.165) is 32.1 Å². The SMILES string of the molecule is CCCCC(CC)C(CC)OC(=O)C1CC=CCC1C(=O)O. The molecule has 0 fully saturated rings. The molecule has 0 bridgehead atoms. The number of ether oxygens (including phenoxy) is 1. The van der Waals surface area contributed by atoms with Crippen LogP contribution in [-0.2, 0) is 14.3 Å². The summed E-state index contributed by atoms with van der Waals surface area (Å²) in [5.74, 6) is -2.06. The zero-order chi connectivity index (χ0) is 16.5. The Morgan fingerprint density at radius 1 is 1.14 bits per heavy atom. The maximum Gasteiger partial charge on any atom is 0.310 e. The first-order chi connectivity index (χ1) is 10.5. The maximum atomic E-state index is 12.5. The Hall–Kier alpha value is -1.32. The molecule has 22 heavy (non-hydrogen) atoms. The van der Waals surface area contributed by atoms with Crippen molar-refractivity contribution in [3.05, 3.63) is 12.2 Å². The Morgan fingerprint density at radius 2 is 1.77 bits per heavy atom. The fraction of sp³-hybridized carbons (Fsp3) is 0.778. The number of aliphatic carboxylic acids is 1. The lowest BCUT2D eigenvalue weighted by Gasteiger charge is -2.29. The van der Waals surface area contributed by atoms with Crippen LogP contribution in [0.1, 0.15) is 65.7 Å². The highest BCUT2D eigenvalue weighted by Crippen LogP contribution is 2.29. The quantitative estimate of drug-likeness (QED) is 0.512. The number of carbonyl (C=O) groups is 2. The van der Waals surface area contributed by atoms with Crippen molar-refractivity contribution in [3.63, 3.8) is 0 Å². The number of esters is 1. The molecule has 1 aliphatic carbocycles. The Morgan fingerprint density at radius 3 is 2.27 bits per heavy atom. The minimum absolute atomic E-state index is 0.0931. The monoisotopic (exact) mass is 310 g/mol. The van der Waals surface area contributed by atoms with Gasteiger partial charge in [0.25, 0.3) is 0 Å². The van der Waals surface area contributed by atoms with Gasteiger partial charge in [0.15, 0.2) is 0 Å². The third kappa shape index (κ3) is 5.15. The average molecular weight is 310 g/mol. The van der Waals surface area contributed by atoms with Gasteiger partial charge in [0.05, 0.1) is 11.8 Å². The summed E-state index contributed by atoms with van der Waals surface area (Å²) in [4.78, 5) is 23.8. The molecule has 0 spiro atoms. The van der Waals surface area contributed by atoms with Gasteiger partial charge in [-0.05, 0) is 38.0 Å². The summed E-state index contributed by atoms with van der Waals surface area (Å²) in [6.07, 6.45) is 9.63. The second kappa shape index (κ2) is 9.65. The molecule has 126 valence electrons. The minimum atomic E-state index is -0.905. The summed E-state index contributed by atoms with van der Waals surface area (Å²) in [6, 6.07) is 0. The molecule has 4 atom stereocenters. The number of allylic oxidation sites excluding steroid dienone is 2. The maximum absolute atomic E-state index is 12.5. The molecule has 0 aromatic heterocycles. The first kappa shape index (κ1) is 18.7. The molecular weight excluding hydrogens is 280 g/mol. The number of carboxylic acid groups (broad SMARTS) is 1. The van der Waals surface area contributed by atoms with E-state index in [-0.39, 0.29) is 12.1 Å². The molecule has 0 radical (unpaired) electrons. The van der Waals surface area contributed by atoms with Gasteiger partial charge in [0, 0.05) is 0 Å². The highest BCUT2D eigenvalue weighted by molar-refractivity contribution is 5.81. The second-order valence-electron chi connectivity index (χ2n) is 6.19. The zero-order valence-electron chi connectivity index (χ0n) is 14.1. The molecule has 0 saturated carbocycles. The second-order valence-corrected chi connectivity index (χ2v) is 6.19. The van der Waals surface area contributed by atoms with Crippen LogP contribution in [0.4, 0.5) is 0 Å². The van der Waals surface area contributed by atoms with Crippen LogP contribution in [0, 0.1) is 17.8 Å². The van der Waals surface area contributed by atoms with Gasteiger partial charge in [-0.2, -0.15) is 0 Å². The van der Waals surface area contributed by atoms with Crippen molar-refractivity contribution in [2.75, 3.05) is 0 Å². The summed E-state index contributed by atoms with van der Waals surface area (Å²) in [5, 5.41) is 9.28. The Bertz CT molecular complexity index is 389. The van der Waals surface area contributed by atoms with Crippen LogP contribution in [0.3, 0.4) is 0 Å². The van der Waals surface area contributed by atoms with E-state index in [0.29, 0.717) is 18.8 Å². The van der Waals surface area contributed by atoms with Gasteiger partial charge in [-0.25, -0.2) is 0 Å². The van der Waals surface area contributed by atoms with Crippen LogP contribution in [0.15, 0.2) is 12.2 Å². The first-order valence-corrected chi connectivity index (χ1v) is 8.63. The lowest BCUT2D eigenvalue weighted by Crippen LogP contribution is -2.36. The molecule has 0 aromatic carbocycles. The largest absolute Gasteiger partial charge is 0.481 e. The summed E-state index contributed by atoms with van der Waals surface area (Å²) in [7, 11) is 0. The van der Waals surface area contributed by atoms with Gasteiger partial charge >= 0.3 is 11.9 Å². The lowest BCUT2D eigenvalue weighted by molar-refractivity contribution is -0.164. The molecule has 0 saturated heterocycles. The van der Waals surface area contributed by atoms with Gasteiger partial charge in [0.2, 0.25) is 0 Å². The molecule has 4 nitrogen and oxygen atoms in total. The van der Waals surface area contributed by atoms with E-state index in [2.05, 4.69) is 13.8 Å². The van der Waals surface area contributed by atoms with E-state index >= 15 is 0 Å². The van der Waals surface area contributed by atoms with Crippen LogP contribution in [0.5, 0.6) is 0 Å². The first-order valence-electron chi connectivity index (χ1n) is 8.63. The summed E-state index contributed by atoms with van der Waals surface area (Å²) >= 11 is 0. The Kier molecular flexibility index (Phi) is 8.21. The number of rotatable bonds is 9. The minimum Gasteiger partial charge on any atom is -0.481 e. The normalized spacial score (nSPS) is 23.8. The molecule has 0 amide bonds. The van der Waals surface area contributed by atoms with E-state index in [1.165, 1.54) is 0 Å². The van der Waals surface area contributed by atoms with Crippen molar-refractivity contribution in [2.45, 2.75) is 71.8 Å². The smallest absolute Gasteiger partial charge is 0.310 e. The van der Waals surface area contributed by atoms with E-state index in [1.54, 1.807) is 0 Å². The summed E-state index contributed by atoms with van der Waals surface area (Å²) in [6.45, 7) is 6.31. The molecule has 4 heteroatoms. The van der Waals surface area contributed by atoms with Crippen molar-refractivity contribution < 1.29 is 19.4 Å². The molecule has 0 aromatic rings. The van der Waals surface area contributed by atoms with Crippen molar-refractivity contribution in [1.29, 1.82) is 0 Å². The van der Waals surface area contributed by atoms with Crippen molar-refractivity contribution in [2.24, 2.45) is 17.8 Å². The molecule has 0 aliphatic heterocycles. The van der Waals surface area contributed by atoms with E-state index in [4.69, 9.17) is 4.74 Å². The Labute approximate surface area is 133 Å². The van der Waals surface area contributed by atoms with Crippen molar-refractivity contribution >= 4 is 11.9 Å². The number of unbranched alkanes of at least 4 members (excludes halogenated alkanes) is 1. The summed E-state index contributed by atoms with van der Waals surface area (Å²) < 4.78 is 5.73. The van der Waals surface area contributed by atoms with E-state index in [9.17, 15) is 14.7 Å². The van der Waals surface area contributed by atoms with Crippen molar-refractivity contribution in [3.8, 4) is 0 Å². The number of hydrogen-bond acceptors (Lipinski definition) is 3. The van der Waals surface area contributed by atoms with Crippen molar-refractivity contribution in [1.82, 2.24) is 0 Å². The predicted molar refractivity (Wildman–Crippen MR) is 86.5 cm³/mol. The van der Waals surface area contributed by atoms with Gasteiger partial charge in [-0.1, -0.05) is 45.8 Å². The fourth-order valence-corrected chi connectivity index (χ4v) is 3.22. The average Bonchev–Trinajstić information content (AvgIpc) is 2.53. The number of carboxylic acids is 1. The molecule has 4 unspecified atom stereocenters. The standard InChI is InChI=1S/C18H30O4/c1-4-7-10-13(5-2)16(6-3)22-18(21)15-12-9-8-11-14(15)17(19)20/h8-9,13-16H,4-7,10-12H2,1-3H3,(H,19,20). The third-order valence-electron chi connectivity index (χ3n) is 4.70. The highest BCUT2D eigenvalue weighted by Gasteiger charge is 2.36. The molecule has 1 rings (SSSR count).